The van der Waals surface area contributed by atoms with E-state index in [1.54, 1.807) is 0 Å². The molecule has 0 unspecified atom stereocenters. The van der Waals surface area contributed by atoms with Gasteiger partial charge in [0.25, 0.3) is 0 Å². The number of anilines is 1. The fraction of sp³-hybridized carbons (Fsp3) is 0.250. The summed E-state index contributed by atoms with van der Waals surface area (Å²) in [6.45, 7) is 0.414. The Hall–Kier alpha value is -2.86. The number of rotatable bonds is 5. The lowest BCUT2D eigenvalue weighted by Crippen LogP contribution is -2.41. The lowest BCUT2D eigenvalue weighted by molar-refractivity contribution is -0.120. The fourth-order valence-electron chi connectivity index (χ4n) is 4.29. The Kier molecular flexibility index (Phi) is 6.12. The van der Waals surface area contributed by atoms with Gasteiger partial charge in [-0.15, -0.1) is 0 Å². The van der Waals surface area contributed by atoms with Gasteiger partial charge in [-0.25, -0.2) is 21.8 Å². The Balaban J connectivity index is 1.25. The highest BCUT2D eigenvalue weighted by atomic mass is 32.2. The van der Waals surface area contributed by atoms with Crippen LogP contribution in [-0.4, -0.2) is 51.4 Å². The predicted octanol–water partition coefficient (Wildman–Crippen LogP) is 3.89. The monoisotopic (exact) mass is 529 g/mol. The van der Waals surface area contributed by atoms with Crippen LogP contribution in [0.2, 0.25) is 0 Å². The number of hydrogen-bond acceptors (Lipinski definition) is 7. The molecule has 1 saturated heterocycles. The van der Waals surface area contributed by atoms with Gasteiger partial charge in [0.1, 0.15) is 0 Å². The maximum Gasteiger partial charge on any atom is 0.243 e. The minimum atomic E-state index is -3.77. The number of nitrogens with one attached hydrogen (secondary N) is 1. The van der Waals surface area contributed by atoms with Crippen molar-refractivity contribution < 1.29 is 21.6 Å². The second kappa shape index (κ2) is 8.98. The van der Waals surface area contributed by atoms with E-state index in [9.17, 15) is 21.6 Å². The van der Waals surface area contributed by atoms with Crippen molar-refractivity contribution in [3.05, 3.63) is 60.7 Å². The molecular formula is C24H23N3O5S3. The minimum absolute atomic E-state index is 0.0366. The third-order valence-electron chi connectivity index (χ3n) is 6.23. The smallest absolute Gasteiger partial charge is 0.243 e. The van der Waals surface area contributed by atoms with Gasteiger partial charge >= 0.3 is 0 Å². The molecule has 182 valence electrons. The molecule has 0 spiro atoms. The Bertz CT molecular complexity index is 1640. The van der Waals surface area contributed by atoms with Gasteiger partial charge in [0.05, 0.1) is 20.0 Å². The number of amides is 1. The van der Waals surface area contributed by atoms with E-state index >= 15 is 0 Å². The number of fused-ring (bicyclic) bond motifs is 3. The van der Waals surface area contributed by atoms with Crippen LogP contribution in [0.15, 0.2) is 70.5 Å². The molecule has 0 radical (unpaired) electrons. The van der Waals surface area contributed by atoms with E-state index in [4.69, 9.17) is 0 Å². The van der Waals surface area contributed by atoms with Crippen molar-refractivity contribution >= 4 is 63.2 Å². The molecule has 2 heterocycles. The molecule has 5 rings (SSSR count). The Morgan fingerprint density at radius 1 is 0.943 bits per heavy atom. The first kappa shape index (κ1) is 23.9. The quantitative estimate of drug-likeness (QED) is 0.420. The maximum absolute atomic E-state index is 13.0. The summed E-state index contributed by atoms with van der Waals surface area (Å²) in [5.41, 5.74) is 0.853. The van der Waals surface area contributed by atoms with Gasteiger partial charge in [0.15, 0.2) is 15.0 Å². The van der Waals surface area contributed by atoms with E-state index in [0.29, 0.717) is 18.0 Å². The van der Waals surface area contributed by atoms with Crippen molar-refractivity contribution in [1.29, 1.82) is 0 Å². The number of benzene rings is 3. The zero-order valence-electron chi connectivity index (χ0n) is 18.8. The van der Waals surface area contributed by atoms with Crippen molar-refractivity contribution in [2.24, 2.45) is 5.92 Å². The number of piperidine rings is 1. The zero-order valence-corrected chi connectivity index (χ0v) is 21.3. The predicted molar refractivity (Wildman–Crippen MR) is 137 cm³/mol. The van der Waals surface area contributed by atoms with Crippen molar-refractivity contribution in [2.45, 2.75) is 22.6 Å². The van der Waals surface area contributed by atoms with E-state index < -0.39 is 19.9 Å². The molecule has 0 bridgehead atoms. The van der Waals surface area contributed by atoms with E-state index in [0.717, 1.165) is 27.2 Å². The summed E-state index contributed by atoms with van der Waals surface area (Å²) in [6, 6.07) is 17.2. The highest BCUT2D eigenvalue weighted by molar-refractivity contribution is 7.90. The fourth-order valence-corrected chi connectivity index (χ4v) is 7.27. The summed E-state index contributed by atoms with van der Waals surface area (Å²) in [5.74, 6) is -0.485. The van der Waals surface area contributed by atoms with E-state index in [1.807, 2.05) is 36.4 Å². The average molecular weight is 530 g/mol. The molecule has 1 fully saturated rings. The second-order valence-electron chi connectivity index (χ2n) is 8.56. The molecule has 1 amide bonds. The number of sulfonamides is 1. The average Bonchev–Trinajstić information content (AvgIpc) is 3.26. The maximum atomic E-state index is 13.0. The first-order chi connectivity index (χ1) is 16.6. The zero-order chi connectivity index (χ0) is 24.8. The summed E-state index contributed by atoms with van der Waals surface area (Å²) < 4.78 is 51.6. The molecule has 0 saturated carbocycles. The van der Waals surface area contributed by atoms with Crippen LogP contribution in [0, 0.1) is 5.92 Å². The Labute approximate surface area is 207 Å². The van der Waals surface area contributed by atoms with Gasteiger partial charge in [-0.1, -0.05) is 41.7 Å². The third-order valence-corrected chi connectivity index (χ3v) is 10.2. The Morgan fingerprint density at radius 2 is 1.60 bits per heavy atom. The number of carbonyl (C=O) groups is 1. The molecule has 1 N–H and O–H groups in total. The number of thiazole rings is 1. The summed E-state index contributed by atoms with van der Waals surface area (Å²) in [6.07, 6.45) is 1.85. The highest BCUT2D eigenvalue weighted by Gasteiger charge is 2.32. The number of aromatic nitrogens is 1. The largest absolute Gasteiger partial charge is 0.302 e. The van der Waals surface area contributed by atoms with Crippen LogP contribution in [-0.2, 0) is 24.7 Å². The normalized spacial score (nSPS) is 16.0. The lowest BCUT2D eigenvalue weighted by atomic mass is 9.97. The molecule has 35 heavy (non-hydrogen) atoms. The third kappa shape index (κ3) is 4.68. The molecule has 11 heteroatoms. The van der Waals surface area contributed by atoms with Crippen LogP contribution in [0.5, 0.6) is 0 Å². The SMILES string of the molecule is CS(=O)(=O)c1ccc(S(=O)(=O)N2CCC(C(=O)Nc3nc4c(ccc5ccccc54)s3)CC2)cc1. The first-order valence-corrected chi connectivity index (χ1v) is 15.2. The number of carbonyl (C=O) groups excluding carboxylic acids is 1. The van der Waals surface area contributed by atoms with Gasteiger partial charge in [0.2, 0.25) is 15.9 Å². The minimum Gasteiger partial charge on any atom is -0.302 e. The van der Waals surface area contributed by atoms with E-state index in [1.165, 1.54) is 39.9 Å². The van der Waals surface area contributed by atoms with E-state index in [2.05, 4.69) is 10.3 Å². The summed E-state index contributed by atoms with van der Waals surface area (Å²) in [4.78, 5) is 17.6. The summed E-state index contributed by atoms with van der Waals surface area (Å²) in [5, 5.41) is 5.56. The lowest BCUT2D eigenvalue weighted by Gasteiger charge is -2.30. The number of nitrogens with zero attached hydrogens (tertiary/aromatic N) is 2. The van der Waals surface area contributed by atoms with Crippen LogP contribution in [0.4, 0.5) is 5.13 Å². The van der Waals surface area contributed by atoms with Gasteiger partial charge in [0, 0.05) is 30.6 Å². The van der Waals surface area contributed by atoms with Crippen molar-refractivity contribution in [3.8, 4) is 0 Å². The molecule has 0 atom stereocenters. The Morgan fingerprint density at radius 3 is 2.29 bits per heavy atom. The molecule has 3 aromatic carbocycles. The number of hydrogen-bond donors (Lipinski definition) is 1. The molecule has 8 nitrogen and oxygen atoms in total. The second-order valence-corrected chi connectivity index (χ2v) is 13.5. The summed E-state index contributed by atoms with van der Waals surface area (Å²) in [7, 11) is -7.18. The van der Waals surface area contributed by atoms with Crippen LogP contribution >= 0.6 is 11.3 Å². The molecule has 1 aromatic heterocycles. The molecule has 1 aliphatic rings. The van der Waals surface area contributed by atoms with Crippen LogP contribution in [0.1, 0.15) is 12.8 Å². The molecule has 1 aliphatic heterocycles. The van der Waals surface area contributed by atoms with Crippen LogP contribution < -0.4 is 5.32 Å². The molecule has 0 aliphatic carbocycles. The van der Waals surface area contributed by atoms with Crippen LogP contribution in [0.25, 0.3) is 21.0 Å². The van der Waals surface area contributed by atoms with E-state index in [-0.39, 0.29) is 34.7 Å². The summed E-state index contributed by atoms with van der Waals surface area (Å²) >= 11 is 1.42. The van der Waals surface area contributed by atoms with Crippen LogP contribution in [0.3, 0.4) is 0 Å². The first-order valence-electron chi connectivity index (χ1n) is 11.0. The molecule has 4 aromatic rings. The van der Waals surface area contributed by atoms with Crippen molar-refractivity contribution in [1.82, 2.24) is 9.29 Å². The van der Waals surface area contributed by atoms with Crippen molar-refractivity contribution in [3.63, 3.8) is 0 Å². The standard InChI is InChI=1S/C24H23N3O5S3/c1-34(29,30)18-7-9-19(10-8-18)35(31,32)27-14-12-17(13-15-27)23(28)26-24-25-22-20-5-3-2-4-16(20)6-11-21(22)33-24/h2-11,17H,12-15H2,1H3,(H,25,26,28). The molecular weight excluding hydrogens is 506 g/mol. The van der Waals surface area contributed by atoms with Gasteiger partial charge < -0.3 is 5.32 Å². The van der Waals surface area contributed by atoms with Gasteiger partial charge in [-0.2, -0.15) is 4.31 Å². The number of sulfone groups is 1. The highest BCUT2D eigenvalue weighted by Crippen LogP contribution is 2.32. The van der Waals surface area contributed by atoms with Crippen molar-refractivity contribution in [2.75, 3.05) is 24.7 Å². The van der Waals surface area contributed by atoms with Gasteiger partial charge in [-0.3, -0.25) is 4.79 Å². The topological polar surface area (TPSA) is 114 Å². The van der Waals surface area contributed by atoms with Gasteiger partial charge in [-0.05, 0) is 48.6 Å².